The maximum atomic E-state index is 14.0. The minimum absolute atomic E-state index is 0.138. The average Bonchev–Trinajstić information content (AvgIpc) is 3.07. The average molecular weight is 665 g/mol. The van der Waals surface area contributed by atoms with Crippen molar-refractivity contribution in [1.29, 1.82) is 5.26 Å². The molecule has 45 heavy (non-hydrogen) atoms. The number of aliphatic imine (C=N–C) groups is 1. The van der Waals surface area contributed by atoms with E-state index < -0.39 is 5.92 Å². The molecule has 3 aliphatic heterocycles. The van der Waals surface area contributed by atoms with E-state index in [1.165, 1.54) is 12.1 Å². The maximum absolute atomic E-state index is 14.0. The second kappa shape index (κ2) is 13.1. The van der Waals surface area contributed by atoms with Crippen LogP contribution in [0.15, 0.2) is 107 Å². The number of rotatable bonds is 7. The molecule has 0 spiro atoms. The zero-order valence-corrected chi connectivity index (χ0v) is 26.3. The van der Waals surface area contributed by atoms with Gasteiger partial charge in [0.05, 0.1) is 29.5 Å². The van der Waals surface area contributed by atoms with E-state index in [9.17, 15) is 14.4 Å². The molecule has 1 fully saturated rings. The largest absolute Gasteiger partial charge is 0.481 e. The fourth-order valence-electron chi connectivity index (χ4n) is 6.55. The van der Waals surface area contributed by atoms with Gasteiger partial charge in [0.25, 0.3) is 0 Å². The quantitative estimate of drug-likeness (QED) is 0.296. The van der Waals surface area contributed by atoms with Crippen molar-refractivity contribution in [3.8, 4) is 24.2 Å². The summed E-state index contributed by atoms with van der Waals surface area (Å²) >= 11 is 3.34. The standard InChI is InChI=1S/C36H31BrFN5O2/c1-3-21-45-31-12-8-7-11-27(31)34(25-13-15-26(38)16-14-25)42-17-19-43(20-18-42)35-28(23-39)33(24-9-5-4-6-10-24)41(2)29-22-30(44)36(37)40-32(29)35/h1,4-16,22,28,33-34H,17-21H2,2H3. The Morgan fingerprint density at radius 1 is 1.04 bits per heavy atom. The SMILES string of the molecule is C#CCOc1ccccc1C(c1ccc(F)cc1)N1CCN(C2=C3N=C(Br)C(=O)C=C3N(C)C(c3ccccc3)C2C#N)CC1. The van der Waals surface area contributed by atoms with Crippen LogP contribution in [-0.4, -0.2) is 64.9 Å². The number of hydrogen-bond acceptors (Lipinski definition) is 7. The maximum Gasteiger partial charge on any atom is 0.213 e. The summed E-state index contributed by atoms with van der Waals surface area (Å²) in [5.74, 6) is 2.19. The number of halogens is 2. The minimum atomic E-state index is -0.529. The van der Waals surface area contributed by atoms with Crippen LogP contribution >= 0.6 is 15.9 Å². The molecular weight excluding hydrogens is 633 g/mol. The van der Waals surface area contributed by atoms with Gasteiger partial charge >= 0.3 is 0 Å². The van der Waals surface area contributed by atoms with E-state index in [-0.39, 0.29) is 34.9 Å². The molecule has 7 nitrogen and oxygen atoms in total. The molecular formula is C36H31BrFN5O2. The molecule has 0 aromatic heterocycles. The molecule has 0 aliphatic carbocycles. The predicted molar refractivity (Wildman–Crippen MR) is 175 cm³/mol. The monoisotopic (exact) mass is 663 g/mol. The molecule has 3 aromatic carbocycles. The summed E-state index contributed by atoms with van der Waals surface area (Å²) in [5.41, 5.74) is 5.02. The lowest BCUT2D eigenvalue weighted by Crippen LogP contribution is -2.51. The van der Waals surface area contributed by atoms with Crippen molar-refractivity contribution in [2.45, 2.75) is 12.1 Å². The Hall–Kier alpha value is -4.70. The van der Waals surface area contributed by atoms with Gasteiger partial charge in [0, 0.05) is 44.9 Å². The molecule has 6 rings (SSSR count). The van der Waals surface area contributed by atoms with Gasteiger partial charge in [-0.05, 0) is 45.3 Å². The number of hydrogen-bond donors (Lipinski definition) is 0. The number of piperazine rings is 1. The van der Waals surface area contributed by atoms with Crippen LogP contribution in [0.1, 0.15) is 28.8 Å². The fraction of sp³-hybridized carbons (Fsp3) is 0.250. The van der Waals surface area contributed by atoms with E-state index >= 15 is 0 Å². The van der Waals surface area contributed by atoms with E-state index in [1.54, 1.807) is 6.08 Å². The van der Waals surface area contributed by atoms with E-state index in [1.807, 2.05) is 78.7 Å². The van der Waals surface area contributed by atoms with Crippen LogP contribution in [-0.2, 0) is 4.79 Å². The third-order valence-corrected chi connectivity index (χ3v) is 9.15. The van der Waals surface area contributed by atoms with Gasteiger partial charge in [0.15, 0.2) is 4.62 Å². The van der Waals surface area contributed by atoms with Gasteiger partial charge < -0.3 is 14.5 Å². The number of terminal acetylenes is 1. The Labute approximate surface area is 271 Å². The van der Waals surface area contributed by atoms with Crippen molar-refractivity contribution in [2.75, 3.05) is 39.8 Å². The van der Waals surface area contributed by atoms with Gasteiger partial charge in [-0.3, -0.25) is 9.69 Å². The molecule has 226 valence electrons. The van der Waals surface area contributed by atoms with Crippen LogP contribution in [0.3, 0.4) is 0 Å². The molecule has 3 aromatic rings. The van der Waals surface area contributed by atoms with Crippen molar-refractivity contribution < 1.29 is 13.9 Å². The number of nitrogens with zero attached hydrogens (tertiary/aromatic N) is 5. The van der Waals surface area contributed by atoms with Crippen LogP contribution in [0.25, 0.3) is 0 Å². The third-order valence-electron chi connectivity index (χ3n) is 8.58. The lowest BCUT2D eigenvalue weighted by Gasteiger charge is -2.47. The molecule has 3 unspecified atom stereocenters. The number of dihydropyridines is 1. The smallest absolute Gasteiger partial charge is 0.213 e. The molecule has 3 heterocycles. The summed E-state index contributed by atoms with van der Waals surface area (Å²) in [6, 6.07) is 26.4. The van der Waals surface area contributed by atoms with E-state index in [0.717, 1.165) is 22.4 Å². The van der Waals surface area contributed by atoms with Crippen LogP contribution < -0.4 is 4.74 Å². The van der Waals surface area contributed by atoms with Gasteiger partial charge in [0.2, 0.25) is 5.78 Å². The van der Waals surface area contributed by atoms with Crippen molar-refractivity contribution in [3.63, 3.8) is 0 Å². The van der Waals surface area contributed by atoms with E-state index in [4.69, 9.17) is 16.2 Å². The Kier molecular flexibility index (Phi) is 8.84. The number of benzene rings is 3. The molecule has 3 atom stereocenters. The number of allylic oxidation sites excluding steroid dienone is 1. The topological polar surface area (TPSA) is 72.2 Å². The van der Waals surface area contributed by atoms with E-state index in [0.29, 0.717) is 43.3 Å². The number of fused-ring (bicyclic) bond motifs is 1. The Balaban J connectivity index is 1.37. The number of carbonyl (C=O) groups is 1. The highest BCUT2D eigenvalue weighted by Crippen LogP contribution is 2.46. The first kappa shape index (κ1) is 30.3. The molecule has 1 saturated heterocycles. The predicted octanol–water partition coefficient (Wildman–Crippen LogP) is 5.84. The highest BCUT2D eigenvalue weighted by Gasteiger charge is 2.44. The highest BCUT2D eigenvalue weighted by atomic mass is 79.9. The second-order valence-corrected chi connectivity index (χ2v) is 11.9. The number of para-hydroxylation sites is 1. The fourth-order valence-corrected chi connectivity index (χ4v) is 6.84. The number of ether oxygens (including phenoxy) is 1. The first-order valence-electron chi connectivity index (χ1n) is 14.7. The van der Waals surface area contributed by atoms with Crippen molar-refractivity contribution >= 4 is 26.3 Å². The molecule has 3 aliphatic rings. The second-order valence-electron chi connectivity index (χ2n) is 11.1. The zero-order chi connectivity index (χ0) is 31.5. The van der Waals surface area contributed by atoms with Crippen molar-refractivity contribution in [3.05, 3.63) is 125 Å². The summed E-state index contributed by atoms with van der Waals surface area (Å²) in [6.45, 7) is 2.66. The van der Waals surface area contributed by atoms with Crippen LogP contribution in [0.5, 0.6) is 5.75 Å². The van der Waals surface area contributed by atoms with Gasteiger partial charge in [-0.2, -0.15) is 5.26 Å². The molecule has 0 N–H and O–H groups in total. The zero-order valence-electron chi connectivity index (χ0n) is 24.7. The van der Waals surface area contributed by atoms with Crippen molar-refractivity contribution in [2.24, 2.45) is 10.9 Å². The van der Waals surface area contributed by atoms with Gasteiger partial charge in [-0.25, -0.2) is 9.38 Å². The number of carbonyl (C=O) groups excluding carboxylic acids is 1. The van der Waals surface area contributed by atoms with Gasteiger partial charge in [0.1, 0.15) is 29.8 Å². The van der Waals surface area contributed by atoms with Crippen LogP contribution in [0, 0.1) is 35.4 Å². The van der Waals surface area contributed by atoms with Crippen LogP contribution in [0.2, 0.25) is 0 Å². The summed E-state index contributed by atoms with van der Waals surface area (Å²) in [5, 5.41) is 10.7. The first-order chi connectivity index (χ1) is 21.9. The third kappa shape index (κ3) is 5.90. The Morgan fingerprint density at radius 2 is 1.73 bits per heavy atom. The van der Waals surface area contributed by atoms with Crippen LogP contribution in [0.4, 0.5) is 4.39 Å². The lowest BCUT2D eigenvalue weighted by molar-refractivity contribution is -0.108. The highest BCUT2D eigenvalue weighted by molar-refractivity contribution is 9.19. The summed E-state index contributed by atoms with van der Waals surface area (Å²) in [6.07, 6.45) is 7.10. The number of ketones is 1. The van der Waals surface area contributed by atoms with Gasteiger partial charge in [-0.1, -0.05) is 66.6 Å². The molecule has 0 radical (unpaired) electrons. The Morgan fingerprint density at radius 3 is 2.42 bits per heavy atom. The summed E-state index contributed by atoms with van der Waals surface area (Å²) in [7, 11) is 1.91. The summed E-state index contributed by atoms with van der Waals surface area (Å²) in [4.78, 5) is 24.0. The lowest BCUT2D eigenvalue weighted by atomic mass is 9.83. The van der Waals surface area contributed by atoms with Gasteiger partial charge in [-0.15, -0.1) is 6.42 Å². The molecule has 0 saturated carbocycles. The van der Waals surface area contributed by atoms with Crippen molar-refractivity contribution in [1.82, 2.24) is 14.7 Å². The summed E-state index contributed by atoms with van der Waals surface area (Å²) < 4.78 is 20.2. The molecule has 0 amide bonds. The molecule has 0 bridgehead atoms. The Bertz CT molecular complexity index is 1770. The first-order valence-corrected chi connectivity index (χ1v) is 15.5. The number of nitriles is 1. The minimum Gasteiger partial charge on any atom is -0.481 e. The molecule has 9 heteroatoms. The van der Waals surface area contributed by atoms with E-state index in [2.05, 4.69) is 37.7 Å². The number of likely N-dealkylation sites (N-methyl/N-ethyl adjacent to an activating group) is 1. The normalized spacial score (nSPS) is 20.9.